The van der Waals surface area contributed by atoms with Gasteiger partial charge < -0.3 is 9.80 Å². The normalized spacial score (nSPS) is 12.4. The average Bonchev–Trinajstić information content (AvgIpc) is 3.21. The van der Waals surface area contributed by atoms with Crippen molar-refractivity contribution >= 4 is 55.7 Å². The average molecular weight is 811 g/mol. The molecule has 0 N–H and O–H groups in total. The van der Waals surface area contributed by atoms with Crippen LogP contribution in [-0.2, 0) is 10.8 Å². The number of nitrogens with zero attached hydrogens (tertiary/aromatic N) is 2. The van der Waals surface area contributed by atoms with Gasteiger partial charge in [0, 0.05) is 34.1 Å². The molecule has 0 fully saturated rings. The van der Waals surface area contributed by atoms with E-state index in [4.69, 9.17) is 0 Å². The third kappa shape index (κ3) is 6.53. The third-order valence-electron chi connectivity index (χ3n) is 14.0. The molecule has 0 atom stereocenters. The fourth-order valence-electron chi connectivity index (χ4n) is 10.2. The predicted octanol–water partition coefficient (Wildman–Crippen LogP) is 17.6. The molecule has 8 aromatic carbocycles. The number of rotatable bonds is 6. The Balaban J connectivity index is 1.22. The Bertz CT molecular complexity index is 2900. The lowest BCUT2D eigenvalue weighted by atomic mass is 9.69. The Morgan fingerprint density at radius 1 is 0.306 bits per heavy atom. The van der Waals surface area contributed by atoms with E-state index in [-0.39, 0.29) is 10.8 Å². The number of hydrogen-bond acceptors (Lipinski definition) is 2. The number of aryl methyl sites for hydroxylation is 8. The SMILES string of the molecule is Cc1ccccc1N(c1ccc2c(C)c3c(c(C)c2c1)-c1c-3c(C)c2cc(N(c3ccccc3C)c3cc(C(C)(C)C)ccc3C)ccc2c1C)c1cc(C(C)(C)C)ccc1C. The van der Waals surface area contributed by atoms with Crippen molar-refractivity contribution in [2.24, 2.45) is 0 Å². The minimum atomic E-state index is 0.0335. The minimum absolute atomic E-state index is 0.0335. The Morgan fingerprint density at radius 3 is 0.968 bits per heavy atom. The molecule has 9 rings (SSSR count). The number of hydrogen-bond donors (Lipinski definition) is 0. The molecule has 0 saturated carbocycles. The van der Waals surface area contributed by atoms with Crippen molar-refractivity contribution in [2.75, 3.05) is 9.80 Å². The molecule has 62 heavy (non-hydrogen) atoms. The Labute approximate surface area is 370 Å². The molecule has 1 aliphatic rings. The van der Waals surface area contributed by atoms with Crippen LogP contribution in [0.5, 0.6) is 0 Å². The molecule has 0 spiro atoms. The van der Waals surface area contributed by atoms with Crippen LogP contribution in [0.15, 0.2) is 121 Å². The highest BCUT2D eigenvalue weighted by molar-refractivity contribution is 6.19. The van der Waals surface area contributed by atoms with E-state index in [9.17, 15) is 0 Å². The van der Waals surface area contributed by atoms with E-state index in [0.29, 0.717) is 0 Å². The molecule has 0 aromatic heterocycles. The van der Waals surface area contributed by atoms with Crippen molar-refractivity contribution in [1.82, 2.24) is 0 Å². The quantitative estimate of drug-likeness (QED) is 0.165. The molecule has 0 bridgehead atoms. The minimum Gasteiger partial charge on any atom is -0.310 e. The van der Waals surface area contributed by atoms with Crippen molar-refractivity contribution in [2.45, 2.75) is 108 Å². The first kappa shape index (κ1) is 41.2. The summed E-state index contributed by atoms with van der Waals surface area (Å²) in [6.07, 6.45) is 0. The van der Waals surface area contributed by atoms with Crippen molar-refractivity contribution < 1.29 is 0 Å². The maximum Gasteiger partial charge on any atom is 0.0493 e. The summed E-state index contributed by atoms with van der Waals surface area (Å²) in [4.78, 5) is 4.98. The van der Waals surface area contributed by atoms with Gasteiger partial charge in [-0.25, -0.2) is 0 Å². The van der Waals surface area contributed by atoms with E-state index < -0.39 is 0 Å². The number of fused-ring (bicyclic) bond motifs is 6. The molecule has 0 heterocycles. The maximum absolute atomic E-state index is 2.49. The highest BCUT2D eigenvalue weighted by Crippen LogP contribution is 2.58. The van der Waals surface area contributed by atoms with Gasteiger partial charge in [-0.05, 0) is 214 Å². The van der Waals surface area contributed by atoms with Crippen LogP contribution in [0.25, 0.3) is 43.8 Å². The second-order valence-electron chi connectivity index (χ2n) is 20.2. The summed E-state index contributed by atoms with van der Waals surface area (Å²) in [6, 6.07) is 46.0. The first-order chi connectivity index (χ1) is 29.4. The maximum atomic E-state index is 2.49. The fourth-order valence-corrected chi connectivity index (χ4v) is 10.2. The van der Waals surface area contributed by atoms with E-state index >= 15 is 0 Å². The smallest absolute Gasteiger partial charge is 0.0493 e. The summed E-state index contributed by atoms with van der Waals surface area (Å²) in [5, 5.41) is 5.29. The largest absolute Gasteiger partial charge is 0.310 e. The zero-order valence-electron chi connectivity index (χ0n) is 39.4. The topological polar surface area (TPSA) is 6.48 Å². The van der Waals surface area contributed by atoms with Gasteiger partial charge in [0.1, 0.15) is 0 Å². The summed E-state index contributed by atoms with van der Waals surface area (Å²) < 4.78 is 0. The highest BCUT2D eigenvalue weighted by Gasteiger charge is 2.34. The van der Waals surface area contributed by atoms with Crippen LogP contribution in [0.2, 0.25) is 0 Å². The molecule has 0 amide bonds. The van der Waals surface area contributed by atoms with Gasteiger partial charge in [0.25, 0.3) is 0 Å². The first-order valence-electron chi connectivity index (χ1n) is 22.4. The van der Waals surface area contributed by atoms with Crippen LogP contribution in [0.3, 0.4) is 0 Å². The molecule has 2 heteroatoms. The molecule has 0 aliphatic heterocycles. The van der Waals surface area contributed by atoms with E-state index in [1.54, 1.807) is 0 Å². The predicted molar refractivity (Wildman–Crippen MR) is 271 cm³/mol. The van der Waals surface area contributed by atoms with Gasteiger partial charge in [-0.3, -0.25) is 0 Å². The molecular weight excluding hydrogens is 749 g/mol. The standard InChI is InChI=1S/C60H62N2/c1-35-19-15-17-21-51(35)61(53-31-43(59(9,10)11)25-23-37(53)3)45-27-29-47-39(5)55-57(41(7)49(47)33-45)56-40(6)48-30-28-46(34-50(48)42(8)58(55)56)62(52-22-18-16-20-36(52)2)54-32-44(60(12,13)14)26-24-38(54)4/h15-34H,1-14H3. The summed E-state index contributed by atoms with van der Waals surface area (Å²) >= 11 is 0. The van der Waals surface area contributed by atoms with E-state index in [2.05, 4.69) is 228 Å². The van der Waals surface area contributed by atoms with Crippen LogP contribution < -0.4 is 9.80 Å². The summed E-state index contributed by atoms with van der Waals surface area (Å²) in [5.41, 5.74) is 26.1. The van der Waals surface area contributed by atoms with Crippen molar-refractivity contribution in [1.29, 1.82) is 0 Å². The summed E-state index contributed by atoms with van der Waals surface area (Å²) in [5.74, 6) is 0. The molecule has 0 radical (unpaired) electrons. The first-order valence-corrected chi connectivity index (χ1v) is 22.4. The summed E-state index contributed by atoms with van der Waals surface area (Å²) in [7, 11) is 0. The second kappa shape index (κ2) is 14.8. The van der Waals surface area contributed by atoms with Gasteiger partial charge >= 0.3 is 0 Å². The zero-order chi connectivity index (χ0) is 44.2. The molecule has 0 unspecified atom stereocenters. The van der Waals surface area contributed by atoms with Crippen LogP contribution in [0.1, 0.15) is 97.2 Å². The van der Waals surface area contributed by atoms with Gasteiger partial charge in [-0.15, -0.1) is 0 Å². The van der Waals surface area contributed by atoms with Gasteiger partial charge in [0.2, 0.25) is 0 Å². The molecule has 2 nitrogen and oxygen atoms in total. The Morgan fingerprint density at radius 2 is 0.629 bits per heavy atom. The molecule has 312 valence electrons. The highest BCUT2D eigenvalue weighted by atomic mass is 15.2. The molecule has 1 aliphatic carbocycles. The molecular formula is C60H62N2. The Hall–Kier alpha value is -6.12. The summed E-state index contributed by atoms with van der Waals surface area (Å²) in [6.45, 7) is 32.2. The van der Waals surface area contributed by atoms with Crippen LogP contribution >= 0.6 is 0 Å². The van der Waals surface area contributed by atoms with Gasteiger partial charge in [-0.1, -0.05) is 114 Å². The Kier molecular flexibility index (Phi) is 9.82. The molecule has 0 saturated heterocycles. The zero-order valence-corrected chi connectivity index (χ0v) is 39.4. The lowest BCUT2D eigenvalue weighted by Gasteiger charge is -2.35. The molecule has 8 aromatic rings. The van der Waals surface area contributed by atoms with Crippen molar-refractivity contribution in [3.63, 3.8) is 0 Å². The fraction of sp³-hybridized carbons (Fsp3) is 0.267. The third-order valence-corrected chi connectivity index (χ3v) is 14.0. The monoisotopic (exact) mass is 810 g/mol. The van der Waals surface area contributed by atoms with E-state index in [1.165, 1.54) is 134 Å². The van der Waals surface area contributed by atoms with Gasteiger partial charge in [0.05, 0.1) is 0 Å². The van der Waals surface area contributed by atoms with E-state index in [0.717, 1.165) is 0 Å². The number of anilines is 6. The van der Waals surface area contributed by atoms with Crippen LogP contribution in [-0.4, -0.2) is 0 Å². The second-order valence-corrected chi connectivity index (χ2v) is 20.2. The van der Waals surface area contributed by atoms with E-state index in [1.807, 2.05) is 0 Å². The number of para-hydroxylation sites is 2. The lowest BCUT2D eigenvalue weighted by molar-refractivity contribution is 0.590. The van der Waals surface area contributed by atoms with Gasteiger partial charge in [0.15, 0.2) is 0 Å². The van der Waals surface area contributed by atoms with Crippen LogP contribution in [0, 0.1) is 55.4 Å². The van der Waals surface area contributed by atoms with Crippen molar-refractivity contribution in [3.05, 3.63) is 177 Å². The van der Waals surface area contributed by atoms with Crippen molar-refractivity contribution in [3.8, 4) is 22.3 Å². The van der Waals surface area contributed by atoms with Crippen LogP contribution in [0.4, 0.5) is 34.1 Å². The number of benzene rings is 8. The van der Waals surface area contributed by atoms with Gasteiger partial charge in [-0.2, -0.15) is 0 Å². The lowest BCUT2D eigenvalue weighted by Crippen LogP contribution is -2.16.